The fourth-order valence-electron chi connectivity index (χ4n) is 2.61. The summed E-state index contributed by atoms with van der Waals surface area (Å²) in [5, 5.41) is 12.3. The van der Waals surface area contributed by atoms with Crippen molar-refractivity contribution in [3.05, 3.63) is 21.9 Å². The van der Waals surface area contributed by atoms with Gasteiger partial charge in [0.25, 0.3) is 0 Å². The average Bonchev–Trinajstić information content (AvgIpc) is 2.94. The van der Waals surface area contributed by atoms with E-state index in [-0.39, 0.29) is 18.6 Å². The molecule has 2 rings (SSSR count). The molecule has 0 aliphatic carbocycles. The summed E-state index contributed by atoms with van der Waals surface area (Å²) < 4.78 is 0. The van der Waals surface area contributed by atoms with Crippen LogP contribution in [0.4, 0.5) is 0 Å². The molecule has 0 radical (unpaired) electrons. The van der Waals surface area contributed by atoms with Crippen LogP contribution in [0, 0.1) is 0 Å². The van der Waals surface area contributed by atoms with E-state index in [9.17, 15) is 9.90 Å². The van der Waals surface area contributed by atoms with Crippen LogP contribution in [-0.2, 0) is 17.8 Å². The number of aliphatic hydroxyl groups is 1. The van der Waals surface area contributed by atoms with E-state index in [1.165, 1.54) is 9.75 Å². The van der Waals surface area contributed by atoms with Crippen molar-refractivity contribution in [1.29, 1.82) is 0 Å². The highest BCUT2D eigenvalue weighted by Crippen LogP contribution is 2.17. The number of likely N-dealkylation sites (tertiary alicyclic amines) is 1. The summed E-state index contributed by atoms with van der Waals surface area (Å²) in [6.07, 6.45) is 4.31. The van der Waals surface area contributed by atoms with E-state index in [0.29, 0.717) is 13.1 Å². The molecule has 1 aromatic heterocycles. The number of amides is 1. The topological polar surface area (TPSA) is 52.6 Å². The van der Waals surface area contributed by atoms with E-state index in [2.05, 4.69) is 29.3 Å². The van der Waals surface area contributed by atoms with Gasteiger partial charge in [-0.25, -0.2) is 0 Å². The molecule has 1 saturated heterocycles. The van der Waals surface area contributed by atoms with Crippen LogP contribution in [0.1, 0.15) is 35.9 Å². The number of nitrogens with zero attached hydrogens (tertiary/aromatic N) is 1. The minimum absolute atomic E-state index is 0.0526. The van der Waals surface area contributed by atoms with Gasteiger partial charge in [0, 0.05) is 15.8 Å². The maximum absolute atomic E-state index is 12.0. The molecule has 4 nitrogen and oxygen atoms in total. The molecular weight excluding hydrogens is 272 g/mol. The van der Waals surface area contributed by atoms with E-state index >= 15 is 0 Å². The van der Waals surface area contributed by atoms with Gasteiger partial charge in [-0.05, 0) is 37.9 Å². The second kappa shape index (κ2) is 7.76. The first kappa shape index (κ1) is 15.5. The maximum atomic E-state index is 12.0. The lowest BCUT2D eigenvalue weighted by atomic mass is 10.0. The summed E-state index contributed by atoms with van der Waals surface area (Å²) in [5.41, 5.74) is 0. The molecule has 1 aromatic rings. The predicted molar refractivity (Wildman–Crippen MR) is 81.8 cm³/mol. The molecule has 2 N–H and O–H groups in total. The second-order valence-electron chi connectivity index (χ2n) is 5.30. The number of thiophene rings is 1. The molecule has 1 fully saturated rings. The number of aliphatic hydroxyl groups excluding tert-OH is 1. The molecule has 1 aliphatic heterocycles. The van der Waals surface area contributed by atoms with E-state index in [1.54, 1.807) is 11.3 Å². The molecule has 1 amide bonds. The summed E-state index contributed by atoms with van der Waals surface area (Å²) in [6, 6.07) is 4.36. The van der Waals surface area contributed by atoms with Crippen molar-refractivity contribution in [1.82, 2.24) is 10.2 Å². The van der Waals surface area contributed by atoms with Crippen molar-refractivity contribution in [3.8, 4) is 0 Å². The van der Waals surface area contributed by atoms with Gasteiger partial charge in [0.05, 0.1) is 19.7 Å². The largest absolute Gasteiger partial charge is 0.395 e. The lowest BCUT2D eigenvalue weighted by Crippen LogP contribution is -2.46. The number of rotatable bonds is 6. The highest BCUT2D eigenvalue weighted by atomic mass is 32.1. The van der Waals surface area contributed by atoms with Crippen LogP contribution in [-0.4, -0.2) is 41.7 Å². The third-order valence-corrected chi connectivity index (χ3v) is 5.06. The lowest BCUT2D eigenvalue weighted by Gasteiger charge is -2.33. The number of hydrogen-bond acceptors (Lipinski definition) is 4. The molecule has 112 valence electrons. The van der Waals surface area contributed by atoms with Crippen molar-refractivity contribution >= 4 is 17.2 Å². The fraction of sp³-hybridized carbons (Fsp3) is 0.667. The van der Waals surface area contributed by atoms with E-state index < -0.39 is 0 Å². The van der Waals surface area contributed by atoms with Gasteiger partial charge in [0.15, 0.2) is 0 Å². The molecule has 2 heterocycles. The molecule has 20 heavy (non-hydrogen) atoms. The summed E-state index contributed by atoms with van der Waals surface area (Å²) in [5.74, 6) is 0.0526. The summed E-state index contributed by atoms with van der Waals surface area (Å²) >= 11 is 1.76. The Bertz CT molecular complexity index is 433. The van der Waals surface area contributed by atoms with Crippen molar-refractivity contribution in [3.63, 3.8) is 0 Å². The molecule has 5 heteroatoms. The van der Waals surface area contributed by atoms with Gasteiger partial charge < -0.3 is 10.4 Å². The quantitative estimate of drug-likeness (QED) is 0.841. The van der Waals surface area contributed by atoms with Gasteiger partial charge in [-0.15, -0.1) is 11.3 Å². The standard InChI is InChI=1S/C15H24N2O2S/c1-2-13-6-7-14(20-13)9-16-15(19)10-17-8-4-3-5-12(17)11-18/h6-7,12,18H,2-5,8-11H2,1H3,(H,16,19)/t12-/m1/s1. The first-order valence-electron chi connectivity index (χ1n) is 7.42. The Morgan fingerprint density at radius 3 is 2.95 bits per heavy atom. The highest BCUT2D eigenvalue weighted by Gasteiger charge is 2.23. The Hall–Kier alpha value is -0.910. The predicted octanol–water partition coefficient (Wildman–Crippen LogP) is 1.77. The molecular formula is C15H24N2O2S. The minimum Gasteiger partial charge on any atom is -0.395 e. The van der Waals surface area contributed by atoms with Crippen LogP contribution in [0.3, 0.4) is 0 Å². The fourth-order valence-corrected chi connectivity index (χ4v) is 3.51. The second-order valence-corrected chi connectivity index (χ2v) is 6.55. The Kier molecular flexibility index (Phi) is 6.01. The van der Waals surface area contributed by atoms with Crippen LogP contribution < -0.4 is 5.32 Å². The van der Waals surface area contributed by atoms with Crippen molar-refractivity contribution in [2.75, 3.05) is 19.7 Å². The normalized spacial score (nSPS) is 20.0. The number of nitrogens with one attached hydrogen (secondary N) is 1. The zero-order valence-electron chi connectivity index (χ0n) is 12.1. The van der Waals surface area contributed by atoms with Crippen LogP contribution in [0.2, 0.25) is 0 Å². The van der Waals surface area contributed by atoms with E-state index in [4.69, 9.17) is 0 Å². The summed E-state index contributed by atoms with van der Waals surface area (Å²) in [6.45, 7) is 4.22. The van der Waals surface area contributed by atoms with Crippen LogP contribution >= 0.6 is 11.3 Å². The number of aryl methyl sites for hydroxylation is 1. The van der Waals surface area contributed by atoms with Gasteiger partial charge in [-0.1, -0.05) is 13.3 Å². The number of hydrogen-bond donors (Lipinski definition) is 2. The first-order valence-corrected chi connectivity index (χ1v) is 8.23. The number of piperidine rings is 1. The third-order valence-electron chi connectivity index (χ3n) is 3.83. The zero-order chi connectivity index (χ0) is 14.4. The third kappa shape index (κ3) is 4.30. The number of carbonyl (C=O) groups excluding carboxylic acids is 1. The van der Waals surface area contributed by atoms with Crippen molar-refractivity contribution in [2.24, 2.45) is 0 Å². The molecule has 0 bridgehead atoms. The van der Waals surface area contributed by atoms with E-state index in [0.717, 1.165) is 32.2 Å². The van der Waals surface area contributed by atoms with Crippen molar-refractivity contribution < 1.29 is 9.90 Å². The monoisotopic (exact) mass is 296 g/mol. The van der Waals surface area contributed by atoms with Crippen molar-refractivity contribution in [2.45, 2.75) is 45.2 Å². The smallest absolute Gasteiger partial charge is 0.234 e. The Labute approximate surface area is 124 Å². The molecule has 1 aliphatic rings. The zero-order valence-corrected chi connectivity index (χ0v) is 12.9. The van der Waals surface area contributed by atoms with Crippen LogP contribution in [0.15, 0.2) is 12.1 Å². The molecule has 0 saturated carbocycles. The van der Waals surface area contributed by atoms with Gasteiger partial charge in [0.2, 0.25) is 5.91 Å². The Morgan fingerprint density at radius 2 is 2.25 bits per heavy atom. The SMILES string of the molecule is CCc1ccc(CNC(=O)CN2CCCC[C@@H]2CO)s1. The highest BCUT2D eigenvalue weighted by molar-refractivity contribution is 7.11. The number of carbonyl (C=O) groups is 1. The average molecular weight is 296 g/mol. The van der Waals surface area contributed by atoms with Crippen LogP contribution in [0.25, 0.3) is 0 Å². The lowest BCUT2D eigenvalue weighted by molar-refractivity contribution is -0.123. The molecule has 0 spiro atoms. The van der Waals surface area contributed by atoms with Crippen LogP contribution in [0.5, 0.6) is 0 Å². The molecule has 0 unspecified atom stereocenters. The molecule has 0 aromatic carbocycles. The van der Waals surface area contributed by atoms with Gasteiger partial charge in [0.1, 0.15) is 0 Å². The molecule has 1 atom stereocenters. The van der Waals surface area contributed by atoms with Gasteiger partial charge in [-0.2, -0.15) is 0 Å². The first-order chi connectivity index (χ1) is 9.72. The Balaban J connectivity index is 1.76. The maximum Gasteiger partial charge on any atom is 0.234 e. The minimum atomic E-state index is 0.0526. The Morgan fingerprint density at radius 1 is 1.45 bits per heavy atom. The van der Waals surface area contributed by atoms with Gasteiger partial charge in [-0.3, -0.25) is 9.69 Å². The summed E-state index contributed by atoms with van der Waals surface area (Å²) in [7, 11) is 0. The summed E-state index contributed by atoms with van der Waals surface area (Å²) in [4.78, 5) is 16.6. The van der Waals surface area contributed by atoms with Gasteiger partial charge >= 0.3 is 0 Å². The van der Waals surface area contributed by atoms with E-state index in [1.807, 2.05) is 0 Å².